The maximum absolute atomic E-state index is 12.0. The van der Waals surface area contributed by atoms with Crippen LogP contribution in [0.15, 0.2) is 59.1 Å². The van der Waals surface area contributed by atoms with Crippen LogP contribution < -0.4 is 5.32 Å². The van der Waals surface area contributed by atoms with Crippen LogP contribution in [-0.4, -0.2) is 19.0 Å². The van der Waals surface area contributed by atoms with Gasteiger partial charge in [0.15, 0.2) is 0 Å². The fourth-order valence-electron chi connectivity index (χ4n) is 1.83. The maximum Gasteiger partial charge on any atom is 0.339 e. The van der Waals surface area contributed by atoms with Crippen molar-refractivity contribution >= 4 is 39.6 Å². The molecule has 0 saturated carbocycles. The highest BCUT2D eigenvalue weighted by atomic mass is 79.9. The predicted octanol–water partition coefficient (Wildman–Crippen LogP) is 3.89. The van der Waals surface area contributed by atoms with Crippen molar-refractivity contribution in [2.75, 3.05) is 12.4 Å². The van der Waals surface area contributed by atoms with Crippen LogP contribution in [0.3, 0.4) is 0 Å². The number of methoxy groups -OCH3 is 1. The number of carbonyl (C=O) groups excluding carboxylic acids is 2. The molecule has 2 aromatic carbocycles. The van der Waals surface area contributed by atoms with Gasteiger partial charge in [-0.3, -0.25) is 4.79 Å². The molecule has 5 heteroatoms. The predicted molar refractivity (Wildman–Crippen MR) is 89.6 cm³/mol. The smallest absolute Gasteiger partial charge is 0.339 e. The highest BCUT2D eigenvalue weighted by Gasteiger charge is 2.11. The van der Waals surface area contributed by atoms with Gasteiger partial charge in [0, 0.05) is 10.5 Å². The summed E-state index contributed by atoms with van der Waals surface area (Å²) in [6, 6.07) is 14.2. The molecule has 0 heterocycles. The third kappa shape index (κ3) is 4.05. The lowest BCUT2D eigenvalue weighted by Gasteiger charge is -2.07. The van der Waals surface area contributed by atoms with E-state index < -0.39 is 5.97 Å². The van der Waals surface area contributed by atoms with Crippen LogP contribution in [-0.2, 0) is 9.53 Å². The number of esters is 1. The molecule has 0 aliphatic heterocycles. The maximum atomic E-state index is 12.0. The number of halogens is 1. The second-order valence-electron chi connectivity index (χ2n) is 4.38. The third-order valence-electron chi connectivity index (χ3n) is 2.91. The number of ether oxygens (including phenoxy) is 1. The monoisotopic (exact) mass is 359 g/mol. The van der Waals surface area contributed by atoms with Crippen LogP contribution in [0.4, 0.5) is 5.69 Å². The molecule has 0 fully saturated rings. The van der Waals surface area contributed by atoms with E-state index in [0.717, 1.165) is 10.0 Å². The Bertz CT molecular complexity index is 725. The molecule has 0 aliphatic rings. The fourth-order valence-corrected chi connectivity index (χ4v) is 2.25. The van der Waals surface area contributed by atoms with Gasteiger partial charge in [-0.1, -0.05) is 46.3 Å². The highest BCUT2D eigenvalue weighted by molar-refractivity contribution is 9.10. The average Bonchev–Trinajstić information content (AvgIpc) is 2.54. The lowest BCUT2D eigenvalue weighted by atomic mass is 10.1. The number of nitrogens with one attached hydrogen (secondary N) is 1. The number of para-hydroxylation sites is 1. The van der Waals surface area contributed by atoms with E-state index in [9.17, 15) is 9.59 Å². The second-order valence-corrected chi connectivity index (χ2v) is 5.24. The Hall–Kier alpha value is -2.40. The molecule has 0 aromatic heterocycles. The van der Waals surface area contributed by atoms with Crippen molar-refractivity contribution in [2.24, 2.45) is 0 Å². The number of benzene rings is 2. The fraction of sp³-hybridized carbons (Fsp3) is 0.0588. The molecule has 1 amide bonds. The van der Waals surface area contributed by atoms with Crippen molar-refractivity contribution in [1.29, 1.82) is 0 Å². The zero-order valence-electron chi connectivity index (χ0n) is 11.9. The quantitative estimate of drug-likeness (QED) is 0.665. The molecule has 0 spiro atoms. The first-order valence-corrected chi connectivity index (χ1v) is 7.32. The normalized spacial score (nSPS) is 10.5. The minimum atomic E-state index is -0.495. The van der Waals surface area contributed by atoms with Crippen molar-refractivity contribution in [2.45, 2.75) is 0 Å². The summed E-state index contributed by atoms with van der Waals surface area (Å²) in [6.07, 6.45) is 3.11. The van der Waals surface area contributed by atoms with Gasteiger partial charge in [-0.05, 0) is 29.8 Å². The SMILES string of the molecule is COC(=O)c1ccccc1NC(=O)/C=C/c1ccccc1Br. The molecule has 0 radical (unpaired) electrons. The summed E-state index contributed by atoms with van der Waals surface area (Å²) in [5, 5.41) is 2.67. The summed E-state index contributed by atoms with van der Waals surface area (Å²) in [4.78, 5) is 23.6. The summed E-state index contributed by atoms with van der Waals surface area (Å²) < 4.78 is 5.59. The van der Waals surface area contributed by atoms with E-state index in [-0.39, 0.29) is 5.91 Å². The van der Waals surface area contributed by atoms with Gasteiger partial charge in [0.2, 0.25) is 5.91 Å². The van der Waals surface area contributed by atoms with Crippen molar-refractivity contribution in [3.63, 3.8) is 0 Å². The van der Waals surface area contributed by atoms with Gasteiger partial charge in [0.05, 0.1) is 18.4 Å². The Labute approximate surface area is 136 Å². The number of carbonyl (C=O) groups is 2. The number of amides is 1. The molecule has 0 bridgehead atoms. The van der Waals surface area contributed by atoms with Gasteiger partial charge in [-0.15, -0.1) is 0 Å². The van der Waals surface area contributed by atoms with Gasteiger partial charge in [0.1, 0.15) is 0 Å². The molecule has 0 saturated heterocycles. The molecule has 1 N–H and O–H groups in total. The van der Waals surface area contributed by atoms with E-state index in [1.807, 2.05) is 24.3 Å². The first-order valence-electron chi connectivity index (χ1n) is 6.52. The Kier molecular flexibility index (Phi) is 5.49. The molecule has 2 aromatic rings. The topological polar surface area (TPSA) is 55.4 Å². The van der Waals surface area contributed by atoms with E-state index in [2.05, 4.69) is 26.0 Å². The average molecular weight is 360 g/mol. The summed E-state index contributed by atoms with van der Waals surface area (Å²) in [7, 11) is 1.30. The summed E-state index contributed by atoms with van der Waals surface area (Å²) in [6.45, 7) is 0. The van der Waals surface area contributed by atoms with Gasteiger partial charge >= 0.3 is 5.97 Å². The molecule has 0 unspecified atom stereocenters. The van der Waals surface area contributed by atoms with E-state index in [0.29, 0.717) is 11.3 Å². The molecule has 2 rings (SSSR count). The summed E-state index contributed by atoms with van der Waals surface area (Å²) in [5.74, 6) is -0.821. The Morgan fingerprint density at radius 2 is 1.77 bits per heavy atom. The van der Waals surface area contributed by atoms with Crippen molar-refractivity contribution in [3.8, 4) is 0 Å². The third-order valence-corrected chi connectivity index (χ3v) is 3.63. The standard InChI is InChI=1S/C17H14BrNO3/c1-22-17(21)13-7-3-5-9-15(13)19-16(20)11-10-12-6-2-4-8-14(12)18/h2-11H,1H3,(H,19,20)/b11-10+. The second kappa shape index (κ2) is 7.56. The van der Waals surface area contributed by atoms with Gasteiger partial charge in [-0.2, -0.15) is 0 Å². The molecule has 22 heavy (non-hydrogen) atoms. The summed E-state index contributed by atoms with van der Waals surface area (Å²) in [5.41, 5.74) is 1.61. The lowest BCUT2D eigenvalue weighted by Crippen LogP contribution is -2.12. The van der Waals surface area contributed by atoms with E-state index >= 15 is 0 Å². The number of hydrogen-bond acceptors (Lipinski definition) is 3. The van der Waals surface area contributed by atoms with Crippen molar-refractivity contribution in [1.82, 2.24) is 0 Å². The zero-order chi connectivity index (χ0) is 15.9. The van der Waals surface area contributed by atoms with Crippen LogP contribution in [0, 0.1) is 0 Å². The molecular weight excluding hydrogens is 346 g/mol. The van der Waals surface area contributed by atoms with Crippen LogP contribution in [0.2, 0.25) is 0 Å². The minimum Gasteiger partial charge on any atom is -0.465 e. The van der Waals surface area contributed by atoms with Crippen LogP contribution in [0.5, 0.6) is 0 Å². The lowest BCUT2D eigenvalue weighted by molar-refractivity contribution is -0.111. The van der Waals surface area contributed by atoms with Gasteiger partial charge < -0.3 is 10.1 Å². The van der Waals surface area contributed by atoms with Crippen molar-refractivity contribution in [3.05, 3.63) is 70.2 Å². The summed E-state index contributed by atoms with van der Waals surface area (Å²) >= 11 is 3.41. The molecule has 0 atom stereocenters. The molecule has 0 aliphatic carbocycles. The van der Waals surface area contributed by atoms with Crippen LogP contribution in [0.1, 0.15) is 15.9 Å². The Morgan fingerprint density at radius 3 is 2.50 bits per heavy atom. The van der Waals surface area contributed by atoms with Crippen LogP contribution in [0.25, 0.3) is 6.08 Å². The number of hydrogen-bond donors (Lipinski definition) is 1. The molecule has 4 nitrogen and oxygen atoms in total. The van der Waals surface area contributed by atoms with Crippen LogP contribution >= 0.6 is 15.9 Å². The Morgan fingerprint density at radius 1 is 1.09 bits per heavy atom. The number of anilines is 1. The first-order chi connectivity index (χ1) is 10.6. The highest BCUT2D eigenvalue weighted by Crippen LogP contribution is 2.18. The molecule has 112 valence electrons. The molecular formula is C17H14BrNO3. The van der Waals surface area contributed by atoms with E-state index in [1.165, 1.54) is 13.2 Å². The minimum absolute atomic E-state index is 0.313. The first kappa shape index (κ1) is 16.0. The van der Waals surface area contributed by atoms with Gasteiger partial charge in [0.25, 0.3) is 0 Å². The zero-order valence-corrected chi connectivity index (χ0v) is 13.5. The largest absolute Gasteiger partial charge is 0.465 e. The van der Waals surface area contributed by atoms with Gasteiger partial charge in [-0.25, -0.2) is 4.79 Å². The van der Waals surface area contributed by atoms with E-state index in [4.69, 9.17) is 0 Å². The Balaban J connectivity index is 2.13. The van der Waals surface area contributed by atoms with Crippen molar-refractivity contribution < 1.29 is 14.3 Å². The number of rotatable bonds is 4. The van der Waals surface area contributed by atoms with E-state index in [1.54, 1.807) is 30.3 Å².